The van der Waals surface area contributed by atoms with Crippen molar-refractivity contribution in [3.05, 3.63) is 90.3 Å². The summed E-state index contributed by atoms with van der Waals surface area (Å²) in [4.78, 5) is 35.5. The molecule has 4 aromatic rings. The van der Waals surface area contributed by atoms with Crippen LogP contribution in [-0.4, -0.2) is 34.0 Å². The van der Waals surface area contributed by atoms with Crippen molar-refractivity contribution in [3.8, 4) is 0 Å². The van der Waals surface area contributed by atoms with E-state index in [1.165, 1.54) is 0 Å². The van der Waals surface area contributed by atoms with Gasteiger partial charge in [-0.15, -0.1) is 0 Å². The van der Waals surface area contributed by atoms with Crippen molar-refractivity contribution in [1.82, 2.24) is 9.55 Å². The maximum absolute atomic E-state index is 13.7. The van der Waals surface area contributed by atoms with Gasteiger partial charge in [-0.2, -0.15) is 0 Å². The van der Waals surface area contributed by atoms with Gasteiger partial charge in [0.1, 0.15) is 12.4 Å². The first kappa shape index (κ1) is 23.8. The number of aryl methyl sites for hydroxylation is 1. The van der Waals surface area contributed by atoms with E-state index in [0.717, 1.165) is 40.2 Å². The van der Waals surface area contributed by atoms with E-state index in [1.54, 1.807) is 0 Å². The molecule has 0 aliphatic carbocycles. The minimum atomic E-state index is -0.0909. The Balaban J connectivity index is 1.50. The zero-order valence-corrected chi connectivity index (χ0v) is 21.1. The molecule has 0 radical (unpaired) electrons. The van der Waals surface area contributed by atoms with E-state index in [0.29, 0.717) is 13.0 Å². The van der Waals surface area contributed by atoms with Crippen LogP contribution >= 0.6 is 0 Å². The summed E-state index contributed by atoms with van der Waals surface area (Å²) in [6, 6.07) is 25.8. The van der Waals surface area contributed by atoms with Crippen molar-refractivity contribution >= 4 is 34.2 Å². The Morgan fingerprint density at radius 1 is 1.00 bits per heavy atom. The second-order valence-corrected chi connectivity index (χ2v) is 9.63. The lowest BCUT2D eigenvalue weighted by Crippen LogP contribution is -2.39. The SMILES string of the molecule is CCc1ccccc1N1CC(c2nc3ccccc3n2CC(=O)N(c2ccccc2)C(C)C)CC1=O. The third-order valence-corrected chi connectivity index (χ3v) is 6.95. The highest BCUT2D eigenvalue weighted by atomic mass is 16.2. The van der Waals surface area contributed by atoms with E-state index < -0.39 is 0 Å². The number of hydrogen-bond donors (Lipinski definition) is 0. The van der Waals surface area contributed by atoms with Crippen LogP contribution in [0.25, 0.3) is 11.0 Å². The van der Waals surface area contributed by atoms with Crippen molar-refractivity contribution in [2.24, 2.45) is 0 Å². The zero-order valence-electron chi connectivity index (χ0n) is 21.1. The second-order valence-electron chi connectivity index (χ2n) is 9.63. The predicted octanol–water partition coefficient (Wildman–Crippen LogP) is 5.56. The van der Waals surface area contributed by atoms with E-state index in [-0.39, 0.29) is 30.3 Å². The Hall–Kier alpha value is -3.93. The van der Waals surface area contributed by atoms with Gasteiger partial charge >= 0.3 is 0 Å². The maximum atomic E-state index is 13.7. The first-order valence-electron chi connectivity index (χ1n) is 12.7. The smallest absolute Gasteiger partial charge is 0.247 e. The lowest BCUT2D eigenvalue weighted by Gasteiger charge is -2.28. The largest absolute Gasteiger partial charge is 0.318 e. The maximum Gasteiger partial charge on any atom is 0.247 e. The predicted molar refractivity (Wildman–Crippen MR) is 144 cm³/mol. The van der Waals surface area contributed by atoms with E-state index >= 15 is 0 Å². The number of rotatable bonds is 7. The van der Waals surface area contributed by atoms with Gasteiger partial charge in [-0.25, -0.2) is 4.98 Å². The number of benzene rings is 3. The normalized spacial score (nSPS) is 15.7. The number of carbonyl (C=O) groups excluding carboxylic acids is 2. The van der Waals surface area contributed by atoms with Gasteiger partial charge in [-0.05, 0) is 56.2 Å². The van der Waals surface area contributed by atoms with Crippen LogP contribution in [0.2, 0.25) is 0 Å². The fraction of sp³-hybridized carbons (Fsp3) is 0.300. The van der Waals surface area contributed by atoms with Crippen LogP contribution in [0.3, 0.4) is 0 Å². The standard InChI is InChI=1S/C30H32N4O2/c1-4-22-12-8-10-16-26(22)32-19-23(18-28(32)35)30-31-25-15-9-11-17-27(25)33(30)20-29(36)34(21(2)3)24-13-6-5-7-14-24/h5-17,21,23H,4,18-20H2,1-3H3. The van der Waals surface area contributed by atoms with Gasteiger partial charge in [-0.3, -0.25) is 9.59 Å². The van der Waals surface area contributed by atoms with Crippen LogP contribution in [0.4, 0.5) is 11.4 Å². The Morgan fingerprint density at radius 2 is 1.69 bits per heavy atom. The first-order valence-corrected chi connectivity index (χ1v) is 12.7. The molecule has 184 valence electrons. The molecule has 0 bridgehead atoms. The van der Waals surface area contributed by atoms with Crippen LogP contribution < -0.4 is 9.80 Å². The minimum Gasteiger partial charge on any atom is -0.318 e. The monoisotopic (exact) mass is 480 g/mol. The molecule has 6 nitrogen and oxygen atoms in total. The summed E-state index contributed by atoms with van der Waals surface area (Å²) < 4.78 is 2.02. The number of fused-ring (bicyclic) bond motifs is 1. The summed E-state index contributed by atoms with van der Waals surface area (Å²) in [5.74, 6) is 0.801. The number of carbonyl (C=O) groups is 2. The molecule has 1 saturated heterocycles. The van der Waals surface area contributed by atoms with Gasteiger partial charge in [0, 0.05) is 36.3 Å². The highest BCUT2D eigenvalue weighted by Crippen LogP contribution is 2.35. The molecule has 3 aromatic carbocycles. The Bertz CT molecular complexity index is 1390. The van der Waals surface area contributed by atoms with Gasteiger partial charge in [-0.1, -0.05) is 55.5 Å². The third-order valence-electron chi connectivity index (χ3n) is 6.95. The molecule has 0 N–H and O–H groups in total. The van der Waals surface area contributed by atoms with Crippen LogP contribution in [-0.2, 0) is 22.6 Å². The molecular weight excluding hydrogens is 448 g/mol. The van der Waals surface area contributed by atoms with E-state index in [4.69, 9.17) is 4.98 Å². The van der Waals surface area contributed by atoms with Crippen LogP contribution in [0.5, 0.6) is 0 Å². The summed E-state index contributed by atoms with van der Waals surface area (Å²) in [5.41, 5.74) is 4.77. The molecule has 1 aliphatic rings. The van der Waals surface area contributed by atoms with Crippen molar-refractivity contribution < 1.29 is 9.59 Å². The lowest BCUT2D eigenvalue weighted by atomic mass is 10.1. The molecule has 36 heavy (non-hydrogen) atoms. The molecule has 0 saturated carbocycles. The highest BCUT2D eigenvalue weighted by Gasteiger charge is 2.36. The molecule has 5 rings (SSSR count). The first-order chi connectivity index (χ1) is 17.5. The summed E-state index contributed by atoms with van der Waals surface area (Å²) in [7, 11) is 0. The summed E-state index contributed by atoms with van der Waals surface area (Å²) in [6.45, 7) is 6.88. The average molecular weight is 481 g/mol. The molecule has 2 amide bonds. The van der Waals surface area contributed by atoms with Gasteiger partial charge in [0.25, 0.3) is 0 Å². The summed E-state index contributed by atoms with van der Waals surface area (Å²) in [6.07, 6.45) is 1.24. The Morgan fingerprint density at radius 3 is 2.44 bits per heavy atom. The van der Waals surface area contributed by atoms with Gasteiger partial charge in [0.05, 0.1) is 11.0 Å². The molecule has 1 fully saturated rings. The second kappa shape index (κ2) is 9.97. The molecule has 1 aliphatic heterocycles. The number of imidazole rings is 1. The molecule has 2 heterocycles. The summed E-state index contributed by atoms with van der Waals surface area (Å²) in [5, 5.41) is 0. The number of nitrogens with zero attached hydrogens (tertiary/aromatic N) is 4. The fourth-order valence-corrected chi connectivity index (χ4v) is 5.29. The van der Waals surface area contributed by atoms with Crippen LogP contribution in [0.1, 0.15) is 44.5 Å². The van der Waals surface area contributed by atoms with E-state index in [2.05, 4.69) is 13.0 Å². The summed E-state index contributed by atoms with van der Waals surface area (Å²) >= 11 is 0. The number of aromatic nitrogens is 2. The highest BCUT2D eigenvalue weighted by molar-refractivity contribution is 5.97. The lowest BCUT2D eigenvalue weighted by molar-refractivity contribution is -0.119. The number of hydrogen-bond acceptors (Lipinski definition) is 3. The zero-order chi connectivity index (χ0) is 25.2. The van der Waals surface area contributed by atoms with E-state index in [1.807, 2.05) is 101 Å². The van der Waals surface area contributed by atoms with Crippen molar-refractivity contribution in [1.29, 1.82) is 0 Å². The molecule has 1 atom stereocenters. The van der Waals surface area contributed by atoms with Crippen molar-refractivity contribution in [3.63, 3.8) is 0 Å². The minimum absolute atomic E-state index is 0.00175. The topological polar surface area (TPSA) is 58.4 Å². The van der Waals surface area contributed by atoms with Crippen molar-refractivity contribution in [2.75, 3.05) is 16.3 Å². The molecule has 6 heteroatoms. The molecular formula is C30H32N4O2. The fourth-order valence-electron chi connectivity index (χ4n) is 5.29. The molecule has 0 spiro atoms. The van der Waals surface area contributed by atoms with Gasteiger partial charge < -0.3 is 14.4 Å². The van der Waals surface area contributed by atoms with E-state index in [9.17, 15) is 9.59 Å². The van der Waals surface area contributed by atoms with Crippen molar-refractivity contribution in [2.45, 2.75) is 52.1 Å². The molecule has 1 unspecified atom stereocenters. The van der Waals surface area contributed by atoms with Crippen LogP contribution in [0, 0.1) is 0 Å². The van der Waals surface area contributed by atoms with Gasteiger partial charge in [0.15, 0.2) is 0 Å². The van der Waals surface area contributed by atoms with Gasteiger partial charge in [0.2, 0.25) is 11.8 Å². The Labute approximate surface area is 212 Å². The third kappa shape index (κ3) is 4.39. The number of anilines is 2. The number of amides is 2. The average Bonchev–Trinajstić information content (AvgIpc) is 3.45. The number of para-hydroxylation sites is 4. The molecule has 1 aromatic heterocycles. The Kier molecular flexibility index (Phi) is 6.59. The van der Waals surface area contributed by atoms with Crippen LogP contribution in [0.15, 0.2) is 78.9 Å². The quantitative estimate of drug-likeness (QED) is 0.348.